The second kappa shape index (κ2) is 4.80. The maximum Gasteiger partial charge on any atom is 0.254 e. The Hall–Kier alpha value is -2.51. The van der Waals surface area contributed by atoms with Crippen molar-refractivity contribution in [2.75, 3.05) is 11.4 Å². The van der Waals surface area contributed by atoms with E-state index >= 15 is 0 Å². The fourth-order valence-corrected chi connectivity index (χ4v) is 2.99. The van der Waals surface area contributed by atoms with Crippen molar-refractivity contribution in [3.8, 4) is 0 Å². The number of anilines is 1. The van der Waals surface area contributed by atoms with E-state index in [1.807, 2.05) is 16.1 Å². The molecule has 0 aliphatic carbocycles. The number of nitrogens with zero attached hydrogens (tertiary/aromatic N) is 8. The molecule has 0 saturated carbocycles. The first kappa shape index (κ1) is 12.2. The summed E-state index contributed by atoms with van der Waals surface area (Å²) in [4.78, 5) is 15.0. The van der Waals surface area contributed by atoms with Crippen molar-refractivity contribution in [2.24, 2.45) is 0 Å². The van der Waals surface area contributed by atoms with Crippen LogP contribution in [-0.4, -0.2) is 46.9 Å². The molecule has 0 radical (unpaired) electrons. The number of fused-ring (bicyclic) bond motifs is 1. The first-order valence-corrected chi connectivity index (χ1v) is 7.08. The van der Waals surface area contributed by atoms with Gasteiger partial charge >= 0.3 is 0 Å². The van der Waals surface area contributed by atoms with Crippen molar-refractivity contribution < 1.29 is 0 Å². The maximum atomic E-state index is 4.40. The molecule has 1 atom stereocenters. The third-order valence-electron chi connectivity index (χ3n) is 3.90. The standard InChI is InChI=1S/C13H16N8/c1-10-5-12(21-13(18-10)15-8-17-21)20-4-2-3-11(20)6-19-9-14-7-16-19/h5,7-9,11H,2-4,6H2,1H3/t11-/m1/s1. The van der Waals surface area contributed by atoms with Crippen LogP contribution in [0.5, 0.6) is 0 Å². The van der Waals surface area contributed by atoms with Crippen LogP contribution in [-0.2, 0) is 6.54 Å². The molecule has 3 aromatic rings. The van der Waals surface area contributed by atoms with Gasteiger partial charge < -0.3 is 4.90 Å². The summed E-state index contributed by atoms with van der Waals surface area (Å²) in [6.45, 7) is 3.83. The van der Waals surface area contributed by atoms with Crippen molar-refractivity contribution in [3.05, 3.63) is 30.7 Å². The topological polar surface area (TPSA) is 77.0 Å². The lowest BCUT2D eigenvalue weighted by molar-refractivity contribution is 0.504. The Balaban J connectivity index is 1.71. The molecule has 0 bridgehead atoms. The Bertz CT molecular complexity index is 747. The smallest absolute Gasteiger partial charge is 0.254 e. The summed E-state index contributed by atoms with van der Waals surface area (Å²) in [6, 6.07) is 2.46. The summed E-state index contributed by atoms with van der Waals surface area (Å²) in [6.07, 6.45) is 7.19. The van der Waals surface area contributed by atoms with Crippen molar-refractivity contribution in [2.45, 2.75) is 32.4 Å². The van der Waals surface area contributed by atoms with Gasteiger partial charge in [-0.1, -0.05) is 0 Å². The molecule has 0 amide bonds. The van der Waals surface area contributed by atoms with Gasteiger partial charge in [0.1, 0.15) is 24.8 Å². The zero-order valence-corrected chi connectivity index (χ0v) is 11.8. The predicted octanol–water partition coefficient (Wildman–Crippen LogP) is 0.693. The molecule has 0 spiro atoms. The number of rotatable bonds is 3. The van der Waals surface area contributed by atoms with E-state index in [9.17, 15) is 0 Å². The Kier molecular flexibility index (Phi) is 2.80. The van der Waals surface area contributed by atoms with Gasteiger partial charge in [-0.15, -0.1) is 0 Å². The number of aromatic nitrogens is 7. The number of aryl methyl sites for hydroxylation is 1. The van der Waals surface area contributed by atoms with Crippen LogP contribution in [0.25, 0.3) is 5.78 Å². The van der Waals surface area contributed by atoms with Gasteiger partial charge in [-0.25, -0.2) is 9.97 Å². The predicted molar refractivity (Wildman–Crippen MR) is 75.9 cm³/mol. The average Bonchev–Trinajstić information content (AvgIpc) is 3.18. The van der Waals surface area contributed by atoms with Crippen LogP contribution in [0.4, 0.5) is 5.82 Å². The van der Waals surface area contributed by atoms with E-state index in [0.717, 1.165) is 37.4 Å². The summed E-state index contributed by atoms with van der Waals surface area (Å²) in [5.41, 5.74) is 0.955. The van der Waals surface area contributed by atoms with Gasteiger partial charge in [0.25, 0.3) is 5.78 Å². The Morgan fingerprint density at radius 3 is 3.10 bits per heavy atom. The first-order chi connectivity index (χ1) is 10.3. The molecule has 1 aliphatic rings. The third kappa shape index (κ3) is 2.12. The Labute approximate surface area is 121 Å². The van der Waals surface area contributed by atoms with Crippen LogP contribution < -0.4 is 4.90 Å². The number of hydrogen-bond donors (Lipinski definition) is 0. The van der Waals surface area contributed by atoms with E-state index in [-0.39, 0.29) is 0 Å². The quantitative estimate of drug-likeness (QED) is 0.704. The fraction of sp³-hybridized carbons (Fsp3) is 0.462. The minimum absolute atomic E-state index is 0.390. The van der Waals surface area contributed by atoms with E-state index in [1.165, 1.54) is 0 Å². The van der Waals surface area contributed by atoms with Gasteiger partial charge in [-0.05, 0) is 19.8 Å². The molecule has 4 rings (SSSR count). The molecule has 4 heterocycles. The molecule has 1 aliphatic heterocycles. The summed E-state index contributed by atoms with van der Waals surface area (Å²) < 4.78 is 3.70. The molecule has 3 aromatic heterocycles. The van der Waals surface area contributed by atoms with Crippen molar-refractivity contribution in [1.29, 1.82) is 0 Å². The van der Waals surface area contributed by atoms with Gasteiger partial charge in [0, 0.05) is 18.3 Å². The number of hydrogen-bond acceptors (Lipinski definition) is 6. The molecule has 1 fully saturated rings. The van der Waals surface area contributed by atoms with Crippen molar-refractivity contribution >= 4 is 11.6 Å². The van der Waals surface area contributed by atoms with Crippen LogP contribution in [0, 0.1) is 6.92 Å². The van der Waals surface area contributed by atoms with Crippen LogP contribution in [0.3, 0.4) is 0 Å². The van der Waals surface area contributed by atoms with Gasteiger partial charge in [0.15, 0.2) is 0 Å². The van der Waals surface area contributed by atoms with Crippen molar-refractivity contribution in [1.82, 2.24) is 34.3 Å². The molecule has 8 heteroatoms. The van der Waals surface area contributed by atoms with Crippen LogP contribution in [0.2, 0.25) is 0 Å². The van der Waals surface area contributed by atoms with E-state index in [1.54, 1.807) is 19.0 Å². The minimum Gasteiger partial charge on any atom is -0.352 e. The second-order valence-electron chi connectivity index (χ2n) is 5.33. The normalized spacial score (nSPS) is 18.7. The van der Waals surface area contributed by atoms with Crippen LogP contribution >= 0.6 is 0 Å². The second-order valence-corrected chi connectivity index (χ2v) is 5.33. The maximum absolute atomic E-state index is 4.40. The Morgan fingerprint density at radius 2 is 2.24 bits per heavy atom. The van der Waals surface area contributed by atoms with Gasteiger partial charge in [0.2, 0.25) is 0 Å². The van der Waals surface area contributed by atoms with Crippen molar-refractivity contribution in [3.63, 3.8) is 0 Å². The molecule has 21 heavy (non-hydrogen) atoms. The van der Waals surface area contributed by atoms with E-state index < -0.39 is 0 Å². The summed E-state index contributed by atoms with van der Waals surface area (Å²) in [5, 5.41) is 8.51. The summed E-state index contributed by atoms with van der Waals surface area (Å²) >= 11 is 0. The molecular weight excluding hydrogens is 268 g/mol. The lowest BCUT2D eigenvalue weighted by Crippen LogP contribution is -2.34. The van der Waals surface area contributed by atoms with E-state index in [4.69, 9.17) is 0 Å². The van der Waals surface area contributed by atoms with Crippen LogP contribution in [0.15, 0.2) is 25.0 Å². The lowest BCUT2D eigenvalue weighted by Gasteiger charge is -2.26. The van der Waals surface area contributed by atoms with E-state index in [0.29, 0.717) is 11.8 Å². The highest BCUT2D eigenvalue weighted by Crippen LogP contribution is 2.26. The third-order valence-corrected chi connectivity index (χ3v) is 3.90. The highest BCUT2D eigenvalue weighted by Gasteiger charge is 2.27. The molecule has 0 aromatic carbocycles. The van der Waals surface area contributed by atoms with Crippen LogP contribution in [0.1, 0.15) is 18.5 Å². The minimum atomic E-state index is 0.390. The van der Waals surface area contributed by atoms with E-state index in [2.05, 4.69) is 36.1 Å². The first-order valence-electron chi connectivity index (χ1n) is 7.08. The summed E-state index contributed by atoms with van der Waals surface area (Å²) in [5.74, 6) is 1.70. The molecule has 0 unspecified atom stereocenters. The largest absolute Gasteiger partial charge is 0.352 e. The van der Waals surface area contributed by atoms with Gasteiger partial charge in [0.05, 0.1) is 12.6 Å². The van der Waals surface area contributed by atoms with Gasteiger partial charge in [-0.3, -0.25) is 4.68 Å². The zero-order chi connectivity index (χ0) is 14.2. The average molecular weight is 284 g/mol. The Morgan fingerprint density at radius 1 is 1.29 bits per heavy atom. The molecule has 8 nitrogen and oxygen atoms in total. The molecule has 108 valence electrons. The molecule has 1 saturated heterocycles. The molecular formula is C13H16N8. The lowest BCUT2D eigenvalue weighted by atomic mass is 10.2. The highest BCUT2D eigenvalue weighted by molar-refractivity contribution is 5.48. The summed E-state index contributed by atoms with van der Waals surface area (Å²) in [7, 11) is 0. The van der Waals surface area contributed by atoms with Gasteiger partial charge in [-0.2, -0.15) is 19.7 Å². The highest BCUT2D eigenvalue weighted by atomic mass is 15.4. The fourth-order valence-electron chi connectivity index (χ4n) is 2.99. The molecule has 0 N–H and O–H groups in total. The monoisotopic (exact) mass is 284 g/mol. The SMILES string of the molecule is Cc1cc(N2CCC[C@@H]2Cn2cncn2)n2ncnc2n1. The zero-order valence-electron chi connectivity index (χ0n) is 11.8.